The lowest BCUT2D eigenvalue weighted by Crippen LogP contribution is -2.36. The molecule has 1 aromatic heterocycles. The molecule has 0 saturated carbocycles. The Morgan fingerprint density at radius 3 is 2.43 bits per heavy atom. The Morgan fingerprint density at radius 1 is 1.17 bits per heavy atom. The maximum absolute atomic E-state index is 12.4. The smallest absolute Gasteiger partial charge is 0.235 e. The SMILES string of the molecule is CCN(CC)C(=O)[C@@H](C)Sc1cc(-c2ccccc2)nc(C)n1. The maximum atomic E-state index is 12.4. The molecule has 1 amide bonds. The molecule has 0 aliphatic rings. The highest BCUT2D eigenvalue weighted by Crippen LogP contribution is 2.26. The predicted molar refractivity (Wildman–Crippen MR) is 95.5 cm³/mol. The molecule has 2 aromatic rings. The van der Waals surface area contributed by atoms with Crippen molar-refractivity contribution >= 4 is 17.7 Å². The van der Waals surface area contributed by atoms with Crippen LogP contribution in [0.3, 0.4) is 0 Å². The Labute approximate surface area is 142 Å². The van der Waals surface area contributed by atoms with E-state index in [1.165, 1.54) is 11.8 Å². The molecule has 2 rings (SSSR count). The third kappa shape index (κ3) is 4.55. The van der Waals surface area contributed by atoms with E-state index in [9.17, 15) is 4.79 Å². The van der Waals surface area contributed by atoms with E-state index in [-0.39, 0.29) is 11.2 Å². The van der Waals surface area contributed by atoms with Gasteiger partial charge >= 0.3 is 0 Å². The molecule has 4 nitrogen and oxygen atoms in total. The molecule has 0 spiro atoms. The number of carbonyl (C=O) groups is 1. The third-order valence-electron chi connectivity index (χ3n) is 3.60. The fourth-order valence-electron chi connectivity index (χ4n) is 2.38. The second kappa shape index (κ2) is 8.11. The van der Waals surface area contributed by atoms with E-state index in [4.69, 9.17) is 0 Å². The van der Waals surface area contributed by atoms with Crippen LogP contribution in [0.4, 0.5) is 0 Å². The van der Waals surface area contributed by atoms with Crippen LogP contribution in [0.5, 0.6) is 0 Å². The summed E-state index contributed by atoms with van der Waals surface area (Å²) in [5.41, 5.74) is 1.95. The first-order chi connectivity index (χ1) is 11.0. The zero-order valence-corrected chi connectivity index (χ0v) is 14.9. The summed E-state index contributed by atoms with van der Waals surface area (Å²) < 4.78 is 0. The van der Waals surface area contributed by atoms with Crippen LogP contribution in [-0.4, -0.2) is 39.1 Å². The van der Waals surface area contributed by atoms with Gasteiger partial charge in [-0.2, -0.15) is 0 Å². The second-order valence-electron chi connectivity index (χ2n) is 5.28. The number of nitrogens with zero attached hydrogens (tertiary/aromatic N) is 3. The van der Waals surface area contributed by atoms with E-state index >= 15 is 0 Å². The lowest BCUT2D eigenvalue weighted by atomic mass is 10.1. The van der Waals surface area contributed by atoms with E-state index in [1.807, 2.05) is 69.0 Å². The Kier molecular flexibility index (Phi) is 6.16. The van der Waals surface area contributed by atoms with E-state index < -0.39 is 0 Å². The van der Waals surface area contributed by atoms with Gasteiger partial charge in [-0.1, -0.05) is 42.1 Å². The average molecular weight is 329 g/mol. The summed E-state index contributed by atoms with van der Waals surface area (Å²) in [6.45, 7) is 9.29. The van der Waals surface area contributed by atoms with Crippen molar-refractivity contribution in [2.45, 2.75) is 38.0 Å². The lowest BCUT2D eigenvalue weighted by molar-refractivity contribution is -0.129. The molecule has 0 fully saturated rings. The monoisotopic (exact) mass is 329 g/mol. The van der Waals surface area contributed by atoms with Crippen molar-refractivity contribution < 1.29 is 4.79 Å². The molecule has 5 heteroatoms. The molecular formula is C18H23N3OS. The van der Waals surface area contributed by atoms with Gasteiger partial charge in [-0.25, -0.2) is 9.97 Å². The zero-order valence-electron chi connectivity index (χ0n) is 14.1. The van der Waals surface area contributed by atoms with Crippen LogP contribution < -0.4 is 0 Å². The molecule has 0 saturated heterocycles. The number of benzene rings is 1. The van der Waals surface area contributed by atoms with Gasteiger partial charge in [0.1, 0.15) is 10.9 Å². The van der Waals surface area contributed by atoms with Gasteiger partial charge in [0.2, 0.25) is 5.91 Å². The maximum Gasteiger partial charge on any atom is 0.235 e. The highest BCUT2D eigenvalue weighted by atomic mass is 32.2. The molecule has 0 aliphatic heterocycles. The lowest BCUT2D eigenvalue weighted by Gasteiger charge is -2.22. The van der Waals surface area contributed by atoms with Crippen LogP contribution in [0.1, 0.15) is 26.6 Å². The van der Waals surface area contributed by atoms with Gasteiger partial charge in [-0.15, -0.1) is 0 Å². The summed E-state index contributed by atoms with van der Waals surface area (Å²) in [5.74, 6) is 0.869. The standard InChI is InChI=1S/C18H23N3OS/c1-5-21(6-2)18(22)13(3)23-17-12-16(19-14(4)20-17)15-10-8-7-9-11-15/h7-13H,5-6H2,1-4H3/t13-/m1/s1. The minimum Gasteiger partial charge on any atom is -0.342 e. The molecule has 1 atom stereocenters. The van der Waals surface area contributed by atoms with Gasteiger partial charge in [-0.05, 0) is 33.8 Å². The number of amides is 1. The molecule has 1 aromatic carbocycles. The van der Waals surface area contributed by atoms with Crippen molar-refractivity contribution in [2.24, 2.45) is 0 Å². The molecule has 0 N–H and O–H groups in total. The topological polar surface area (TPSA) is 46.1 Å². The number of hydrogen-bond acceptors (Lipinski definition) is 4. The van der Waals surface area contributed by atoms with Crippen LogP contribution >= 0.6 is 11.8 Å². The number of carbonyl (C=O) groups excluding carboxylic acids is 1. The van der Waals surface area contributed by atoms with Crippen LogP contribution in [0.25, 0.3) is 11.3 Å². The summed E-state index contributed by atoms with van der Waals surface area (Å²) in [5, 5.41) is 0.678. The summed E-state index contributed by atoms with van der Waals surface area (Å²) in [6, 6.07) is 12.0. The van der Waals surface area contributed by atoms with Crippen LogP contribution in [0.15, 0.2) is 41.4 Å². The molecule has 0 unspecified atom stereocenters. The van der Waals surface area contributed by atoms with E-state index in [1.54, 1.807) is 0 Å². The van der Waals surface area contributed by atoms with Gasteiger partial charge in [0.25, 0.3) is 0 Å². The van der Waals surface area contributed by atoms with E-state index in [0.29, 0.717) is 0 Å². The van der Waals surface area contributed by atoms with Crippen molar-refractivity contribution in [2.75, 3.05) is 13.1 Å². The minimum absolute atomic E-state index is 0.150. The Balaban J connectivity index is 2.20. The Bertz CT molecular complexity index is 657. The number of aryl methyl sites for hydroxylation is 1. The number of hydrogen-bond donors (Lipinski definition) is 0. The molecule has 0 radical (unpaired) electrons. The summed E-state index contributed by atoms with van der Waals surface area (Å²) in [4.78, 5) is 23.2. The quantitative estimate of drug-likeness (QED) is 0.597. The molecule has 0 bridgehead atoms. The predicted octanol–water partition coefficient (Wildman–Crippen LogP) is 3.80. The normalized spacial score (nSPS) is 12.0. The molecule has 122 valence electrons. The molecule has 0 aliphatic carbocycles. The van der Waals surface area contributed by atoms with Gasteiger partial charge in [0.15, 0.2) is 0 Å². The highest BCUT2D eigenvalue weighted by Gasteiger charge is 2.20. The van der Waals surface area contributed by atoms with Crippen LogP contribution in [0.2, 0.25) is 0 Å². The fraction of sp³-hybridized carbons (Fsp3) is 0.389. The number of aromatic nitrogens is 2. The third-order valence-corrected chi connectivity index (χ3v) is 4.61. The van der Waals surface area contributed by atoms with Crippen molar-refractivity contribution in [1.82, 2.24) is 14.9 Å². The van der Waals surface area contributed by atoms with E-state index in [2.05, 4.69) is 9.97 Å². The Hall–Kier alpha value is -1.88. The van der Waals surface area contributed by atoms with E-state index in [0.717, 1.165) is 35.2 Å². The first-order valence-electron chi connectivity index (χ1n) is 7.91. The average Bonchev–Trinajstić information content (AvgIpc) is 2.56. The van der Waals surface area contributed by atoms with Crippen LogP contribution in [-0.2, 0) is 4.79 Å². The highest BCUT2D eigenvalue weighted by molar-refractivity contribution is 8.00. The minimum atomic E-state index is -0.159. The molecular weight excluding hydrogens is 306 g/mol. The number of thioether (sulfide) groups is 1. The summed E-state index contributed by atoms with van der Waals surface area (Å²) in [6.07, 6.45) is 0. The second-order valence-corrected chi connectivity index (χ2v) is 6.64. The summed E-state index contributed by atoms with van der Waals surface area (Å²) in [7, 11) is 0. The van der Waals surface area contributed by atoms with Crippen molar-refractivity contribution in [3.05, 3.63) is 42.2 Å². The molecule has 23 heavy (non-hydrogen) atoms. The first kappa shape index (κ1) is 17.5. The van der Waals surface area contributed by atoms with Gasteiger partial charge in [0, 0.05) is 18.7 Å². The Morgan fingerprint density at radius 2 is 1.83 bits per heavy atom. The number of rotatable bonds is 6. The van der Waals surface area contributed by atoms with Gasteiger partial charge in [-0.3, -0.25) is 4.79 Å². The van der Waals surface area contributed by atoms with Crippen molar-refractivity contribution in [3.63, 3.8) is 0 Å². The fourth-order valence-corrected chi connectivity index (χ4v) is 3.36. The van der Waals surface area contributed by atoms with Gasteiger partial charge < -0.3 is 4.90 Å². The van der Waals surface area contributed by atoms with Crippen LogP contribution in [0, 0.1) is 6.92 Å². The largest absolute Gasteiger partial charge is 0.342 e. The summed E-state index contributed by atoms with van der Waals surface area (Å²) >= 11 is 1.49. The van der Waals surface area contributed by atoms with Crippen molar-refractivity contribution in [3.8, 4) is 11.3 Å². The zero-order chi connectivity index (χ0) is 16.8. The van der Waals surface area contributed by atoms with Crippen molar-refractivity contribution in [1.29, 1.82) is 0 Å². The first-order valence-corrected chi connectivity index (χ1v) is 8.79. The van der Waals surface area contributed by atoms with Gasteiger partial charge in [0.05, 0.1) is 10.9 Å². The molecule has 1 heterocycles.